The lowest BCUT2D eigenvalue weighted by Gasteiger charge is -2.13. The summed E-state index contributed by atoms with van der Waals surface area (Å²) in [7, 11) is 1.80. The molecule has 2 nitrogen and oxygen atoms in total. The Balaban J connectivity index is 1.50. The maximum Gasteiger partial charge on any atom is 0.0667 e. The Kier molecular flexibility index (Phi) is 2.10. The van der Waals surface area contributed by atoms with Crippen LogP contribution in [0.3, 0.4) is 0 Å². The van der Waals surface area contributed by atoms with Gasteiger partial charge in [-0.05, 0) is 49.9 Å². The Morgan fingerprint density at radius 3 is 2.50 bits per heavy atom. The van der Waals surface area contributed by atoms with Crippen LogP contribution in [0.15, 0.2) is 0 Å². The molecule has 3 saturated carbocycles. The van der Waals surface area contributed by atoms with E-state index < -0.39 is 0 Å². The molecule has 0 aliphatic heterocycles. The highest BCUT2D eigenvalue weighted by Gasteiger charge is 2.64. The van der Waals surface area contributed by atoms with Crippen molar-refractivity contribution in [2.75, 3.05) is 13.7 Å². The summed E-state index contributed by atoms with van der Waals surface area (Å²) in [5.41, 5.74) is 0. The molecule has 3 fully saturated rings. The van der Waals surface area contributed by atoms with E-state index in [1.165, 1.54) is 12.8 Å². The largest absolute Gasteiger partial charge is 0.380 e. The van der Waals surface area contributed by atoms with Gasteiger partial charge < -0.3 is 10.1 Å². The van der Waals surface area contributed by atoms with E-state index in [4.69, 9.17) is 4.74 Å². The Hall–Kier alpha value is -0.0800. The summed E-state index contributed by atoms with van der Waals surface area (Å²) in [4.78, 5) is 0. The van der Waals surface area contributed by atoms with Gasteiger partial charge in [-0.15, -0.1) is 0 Å². The first-order chi connectivity index (χ1) is 6.81. The minimum Gasteiger partial charge on any atom is -0.380 e. The van der Waals surface area contributed by atoms with E-state index in [2.05, 4.69) is 12.2 Å². The standard InChI is InChI=1S/C12H21NO/c1-7(14-2)6-13-12-10-8-3-4-9(5-8)11(10)12/h7-13H,3-6H2,1-2H3. The molecule has 2 bridgehead atoms. The zero-order valence-corrected chi connectivity index (χ0v) is 9.20. The average Bonchev–Trinajstić information content (AvgIpc) is 2.60. The Morgan fingerprint density at radius 2 is 1.93 bits per heavy atom. The fraction of sp³-hybridized carbons (Fsp3) is 1.00. The van der Waals surface area contributed by atoms with E-state index in [9.17, 15) is 0 Å². The monoisotopic (exact) mass is 195 g/mol. The Bertz CT molecular complexity index is 214. The van der Waals surface area contributed by atoms with Gasteiger partial charge in [-0.2, -0.15) is 0 Å². The smallest absolute Gasteiger partial charge is 0.0667 e. The molecule has 0 aromatic heterocycles. The lowest BCUT2D eigenvalue weighted by molar-refractivity contribution is 0.115. The van der Waals surface area contributed by atoms with Gasteiger partial charge >= 0.3 is 0 Å². The maximum atomic E-state index is 5.26. The molecule has 3 rings (SSSR count). The second-order valence-electron chi connectivity index (χ2n) is 5.47. The van der Waals surface area contributed by atoms with Crippen LogP contribution in [-0.2, 0) is 4.74 Å². The minimum atomic E-state index is 0.369. The molecule has 14 heavy (non-hydrogen) atoms. The van der Waals surface area contributed by atoms with Crippen molar-refractivity contribution >= 4 is 0 Å². The molecular weight excluding hydrogens is 174 g/mol. The topological polar surface area (TPSA) is 21.3 Å². The fourth-order valence-electron chi connectivity index (χ4n) is 3.98. The Morgan fingerprint density at radius 1 is 1.29 bits per heavy atom. The van der Waals surface area contributed by atoms with Crippen molar-refractivity contribution in [1.82, 2.24) is 5.32 Å². The summed E-state index contributed by atoms with van der Waals surface area (Å²) >= 11 is 0. The molecule has 2 heteroatoms. The van der Waals surface area contributed by atoms with E-state index in [0.29, 0.717) is 6.10 Å². The number of fused-ring (bicyclic) bond motifs is 5. The van der Waals surface area contributed by atoms with Gasteiger partial charge in [-0.1, -0.05) is 0 Å². The summed E-state index contributed by atoms with van der Waals surface area (Å²) in [6.45, 7) is 3.17. The third kappa shape index (κ3) is 1.24. The van der Waals surface area contributed by atoms with Crippen LogP contribution in [0.25, 0.3) is 0 Å². The highest BCUT2D eigenvalue weighted by Crippen LogP contribution is 2.65. The zero-order valence-electron chi connectivity index (χ0n) is 9.20. The predicted molar refractivity (Wildman–Crippen MR) is 56.1 cm³/mol. The number of nitrogens with one attached hydrogen (secondary N) is 1. The van der Waals surface area contributed by atoms with Crippen LogP contribution in [0.5, 0.6) is 0 Å². The molecule has 80 valence electrons. The molecule has 0 aromatic carbocycles. The van der Waals surface area contributed by atoms with Crippen molar-refractivity contribution < 1.29 is 4.74 Å². The van der Waals surface area contributed by atoms with Gasteiger partial charge in [0, 0.05) is 19.7 Å². The molecular formula is C12H21NO. The lowest BCUT2D eigenvalue weighted by atomic mass is 10.0. The highest BCUT2D eigenvalue weighted by atomic mass is 16.5. The average molecular weight is 195 g/mol. The van der Waals surface area contributed by atoms with Crippen molar-refractivity contribution in [3.05, 3.63) is 0 Å². The van der Waals surface area contributed by atoms with Crippen molar-refractivity contribution in [1.29, 1.82) is 0 Å². The van der Waals surface area contributed by atoms with Gasteiger partial charge in [0.2, 0.25) is 0 Å². The van der Waals surface area contributed by atoms with Gasteiger partial charge in [0.25, 0.3) is 0 Å². The van der Waals surface area contributed by atoms with Crippen LogP contribution in [0.2, 0.25) is 0 Å². The molecule has 0 radical (unpaired) electrons. The van der Waals surface area contributed by atoms with Crippen LogP contribution >= 0.6 is 0 Å². The van der Waals surface area contributed by atoms with E-state index >= 15 is 0 Å². The van der Waals surface area contributed by atoms with E-state index in [1.54, 1.807) is 13.5 Å². The van der Waals surface area contributed by atoms with Crippen LogP contribution in [-0.4, -0.2) is 25.8 Å². The van der Waals surface area contributed by atoms with Crippen molar-refractivity contribution in [2.24, 2.45) is 23.7 Å². The van der Waals surface area contributed by atoms with Gasteiger partial charge in [0.05, 0.1) is 6.10 Å². The van der Waals surface area contributed by atoms with Crippen LogP contribution < -0.4 is 5.32 Å². The van der Waals surface area contributed by atoms with Gasteiger partial charge in [-0.25, -0.2) is 0 Å². The second-order valence-corrected chi connectivity index (χ2v) is 5.47. The van der Waals surface area contributed by atoms with Crippen LogP contribution in [0.4, 0.5) is 0 Å². The molecule has 3 aliphatic carbocycles. The third-order valence-corrected chi connectivity index (χ3v) is 4.78. The van der Waals surface area contributed by atoms with Crippen LogP contribution in [0, 0.1) is 23.7 Å². The van der Waals surface area contributed by atoms with Crippen molar-refractivity contribution in [2.45, 2.75) is 38.3 Å². The molecule has 5 atom stereocenters. The summed E-state index contributed by atoms with van der Waals surface area (Å²) < 4.78 is 5.26. The lowest BCUT2D eigenvalue weighted by Crippen LogP contribution is -2.31. The van der Waals surface area contributed by atoms with E-state index in [0.717, 1.165) is 36.3 Å². The van der Waals surface area contributed by atoms with Crippen molar-refractivity contribution in [3.8, 4) is 0 Å². The number of hydrogen-bond donors (Lipinski definition) is 1. The van der Waals surface area contributed by atoms with E-state index in [1.807, 2.05) is 0 Å². The molecule has 0 heterocycles. The first-order valence-corrected chi connectivity index (χ1v) is 6.07. The molecule has 0 aromatic rings. The first kappa shape index (κ1) is 9.17. The van der Waals surface area contributed by atoms with Gasteiger partial charge in [-0.3, -0.25) is 0 Å². The van der Waals surface area contributed by atoms with Gasteiger partial charge in [0.15, 0.2) is 0 Å². The van der Waals surface area contributed by atoms with Crippen molar-refractivity contribution in [3.63, 3.8) is 0 Å². The molecule has 0 amide bonds. The first-order valence-electron chi connectivity index (χ1n) is 6.07. The summed E-state index contributed by atoms with van der Waals surface area (Å²) in [5.74, 6) is 4.27. The normalized spacial score (nSPS) is 50.6. The highest BCUT2D eigenvalue weighted by molar-refractivity contribution is 5.16. The number of hydrogen-bond acceptors (Lipinski definition) is 2. The molecule has 0 saturated heterocycles. The third-order valence-electron chi connectivity index (χ3n) is 4.78. The molecule has 5 unspecified atom stereocenters. The summed E-state index contributed by atoms with van der Waals surface area (Å²) in [5, 5.41) is 3.69. The summed E-state index contributed by atoms with van der Waals surface area (Å²) in [6.07, 6.45) is 4.95. The van der Waals surface area contributed by atoms with E-state index in [-0.39, 0.29) is 0 Å². The minimum absolute atomic E-state index is 0.369. The zero-order chi connectivity index (χ0) is 9.71. The molecule has 3 aliphatic rings. The predicted octanol–water partition coefficient (Wildman–Crippen LogP) is 1.66. The Labute approximate surface area is 86.4 Å². The SMILES string of the molecule is COC(C)CNC1C2C3CCC(C3)C12. The molecule has 0 spiro atoms. The van der Waals surface area contributed by atoms with Gasteiger partial charge in [0.1, 0.15) is 0 Å². The fourth-order valence-corrected chi connectivity index (χ4v) is 3.98. The number of methoxy groups -OCH3 is 1. The maximum absolute atomic E-state index is 5.26. The summed E-state index contributed by atoms with van der Waals surface area (Å²) in [6, 6.07) is 0.860. The second kappa shape index (κ2) is 3.21. The number of ether oxygens (including phenoxy) is 1. The van der Waals surface area contributed by atoms with Crippen LogP contribution in [0.1, 0.15) is 26.2 Å². The quantitative estimate of drug-likeness (QED) is 0.736. The molecule has 1 N–H and O–H groups in total. The number of rotatable bonds is 4.